The van der Waals surface area contributed by atoms with Gasteiger partial charge in [-0.2, -0.15) is 0 Å². The van der Waals surface area contributed by atoms with Crippen LogP contribution < -0.4 is 4.74 Å². The molecule has 2 rings (SSSR count). The van der Waals surface area contributed by atoms with Crippen molar-refractivity contribution in [2.75, 3.05) is 7.11 Å². The van der Waals surface area contributed by atoms with Gasteiger partial charge >= 0.3 is 5.95 Å². The number of methoxy groups -OCH3 is 1. The van der Waals surface area contributed by atoms with Crippen LogP contribution in [0, 0.1) is 0 Å². The molecule has 0 radical (unpaired) electrons. The monoisotopic (exact) mass is 302 g/mol. The molecule has 1 N–H and O–H groups in total. The van der Waals surface area contributed by atoms with Gasteiger partial charge in [0.1, 0.15) is 11.5 Å². The Bertz CT molecular complexity index is 694. The average molecular weight is 302 g/mol. The Morgan fingerprint density at radius 3 is 2.36 bits per heavy atom. The number of furan rings is 1. The summed E-state index contributed by atoms with van der Waals surface area (Å²) < 4.78 is 10.2. The van der Waals surface area contributed by atoms with Crippen molar-refractivity contribution in [3.63, 3.8) is 0 Å². The van der Waals surface area contributed by atoms with Crippen molar-refractivity contribution in [2.45, 2.75) is 26.2 Å². The number of ether oxygens (including phenoxy) is 1. The van der Waals surface area contributed by atoms with Gasteiger partial charge in [-0.3, -0.25) is 4.79 Å². The van der Waals surface area contributed by atoms with Gasteiger partial charge in [0, 0.05) is 17.0 Å². The Morgan fingerprint density at radius 1 is 1.23 bits per heavy atom. The van der Waals surface area contributed by atoms with Crippen molar-refractivity contribution in [2.24, 2.45) is 10.2 Å². The second-order valence-corrected chi connectivity index (χ2v) is 5.78. The Labute approximate surface area is 128 Å². The van der Waals surface area contributed by atoms with Crippen LogP contribution in [0.15, 0.2) is 45.0 Å². The molecule has 22 heavy (non-hydrogen) atoms. The molecule has 1 amide bonds. The van der Waals surface area contributed by atoms with Gasteiger partial charge in [0.15, 0.2) is 5.69 Å². The van der Waals surface area contributed by atoms with Crippen LogP contribution in [0.25, 0.3) is 0 Å². The van der Waals surface area contributed by atoms with Gasteiger partial charge in [-0.05, 0) is 24.3 Å². The number of azo groups is 1. The van der Waals surface area contributed by atoms with Crippen LogP contribution in [-0.2, 0) is 5.41 Å². The highest BCUT2D eigenvalue weighted by Crippen LogP contribution is 2.36. The maximum atomic E-state index is 11.9. The van der Waals surface area contributed by atoms with E-state index < -0.39 is 5.91 Å². The van der Waals surface area contributed by atoms with E-state index in [1.54, 1.807) is 37.4 Å². The number of hydrogen-bond donors (Lipinski definition) is 1. The summed E-state index contributed by atoms with van der Waals surface area (Å²) >= 11 is 0. The first-order valence-corrected chi connectivity index (χ1v) is 6.74. The van der Waals surface area contributed by atoms with Crippen LogP contribution in [-0.4, -0.2) is 18.1 Å². The van der Waals surface area contributed by atoms with Gasteiger partial charge in [-0.15, -0.1) is 10.2 Å². The third kappa shape index (κ3) is 3.52. The fraction of sp³-hybridized carbons (Fsp3) is 0.312. The highest BCUT2D eigenvalue weighted by Gasteiger charge is 2.21. The van der Waals surface area contributed by atoms with Crippen molar-refractivity contribution in [3.8, 4) is 11.7 Å². The minimum absolute atomic E-state index is 0.131. The summed E-state index contributed by atoms with van der Waals surface area (Å²) in [5, 5.41) is 17.1. The molecule has 0 saturated carbocycles. The van der Waals surface area contributed by atoms with E-state index in [1.165, 1.54) is 0 Å². The molecule has 0 atom stereocenters. The number of hydrogen-bond acceptors (Lipinski definition) is 5. The molecule has 6 nitrogen and oxygen atoms in total. The summed E-state index contributed by atoms with van der Waals surface area (Å²) in [7, 11) is 1.55. The molecule has 0 spiro atoms. The van der Waals surface area contributed by atoms with E-state index >= 15 is 0 Å². The summed E-state index contributed by atoms with van der Waals surface area (Å²) in [6, 6.07) is 8.08. The third-order valence-electron chi connectivity index (χ3n) is 3.02. The predicted octanol–water partition coefficient (Wildman–Crippen LogP) is 4.22. The number of carbonyl (C=O) groups is 1. The number of rotatable bonds is 3. The highest BCUT2D eigenvalue weighted by atomic mass is 16.5. The van der Waals surface area contributed by atoms with Gasteiger partial charge in [0.2, 0.25) is 0 Å². The van der Waals surface area contributed by atoms with E-state index in [9.17, 15) is 9.90 Å². The molecule has 0 aliphatic rings. The number of nitrogens with zero attached hydrogens (tertiary/aromatic N) is 2. The molecular formula is C16H18N2O4. The fourth-order valence-corrected chi connectivity index (χ4v) is 1.70. The van der Waals surface area contributed by atoms with Crippen molar-refractivity contribution in [3.05, 3.63) is 41.7 Å². The van der Waals surface area contributed by atoms with Crippen molar-refractivity contribution < 1.29 is 19.1 Å². The minimum atomic E-state index is -0.513. The Morgan fingerprint density at radius 2 is 1.86 bits per heavy atom. The average Bonchev–Trinajstić information content (AvgIpc) is 2.86. The molecule has 116 valence electrons. The number of amides is 1. The second-order valence-electron chi connectivity index (χ2n) is 5.78. The Kier molecular flexibility index (Phi) is 4.30. The second kappa shape index (κ2) is 6.01. The first-order chi connectivity index (χ1) is 10.3. The topological polar surface area (TPSA) is 84.4 Å². The highest BCUT2D eigenvalue weighted by molar-refractivity contribution is 5.94. The van der Waals surface area contributed by atoms with Crippen LogP contribution >= 0.6 is 0 Å². The van der Waals surface area contributed by atoms with Crippen LogP contribution in [0.3, 0.4) is 0 Å². The number of aromatic hydroxyl groups is 1. The molecule has 0 bridgehead atoms. The molecule has 1 heterocycles. The van der Waals surface area contributed by atoms with Crippen LogP contribution in [0.5, 0.6) is 11.7 Å². The molecule has 1 aromatic heterocycles. The van der Waals surface area contributed by atoms with E-state index in [4.69, 9.17) is 9.15 Å². The van der Waals surface area contributed by atoms with Crippen LogP contribution in [0.4, 0.5) is 5.69 Å². The zero-order valence-electron chi connectivity index (χ0n) is 13.0. The summed E-state index contributed by atoms with van der Waals surface area (Å²) in [6.07, 6.45) is 0. The lowest BCUT2D eigenvalue weighted by atomic mass is 9.93. The molecule has 6 heteroatoms. The van der Waals surface area contributed by atoms with E-state index in [0.29, 0.717) is 17.1 Å². The normalized spacial score (nSPS) is 11.8. The first-order valence-electron chi connectivity index (χ1n) is 6.74. The summed E-state index contributed by atoms with van der Waals surface area (Å²) in [4.78, 5) is 11.9. The molecular weight excluding hydrogens is 284 g/mol. The molecule has 0 saturated heterocycles. The lowest BCUT2D eigenvalue weighted by Crippen LogP contribution is -2.08. The maximum absolute atomic E-state index is 11.9. The molecule has 2 aromatic rings. The lowest BCUT2D eigenvalue weighted by Gasteiger charge is -2.13. The SMILES string of the molecule is COc1ccc(C(=O)N=Nc2cc(C(C)(C)C)oc2O)cc1. The summed E-state index contributed by atoms with van der Waals surface area (Å²) in [5.74, 6) is 0.350. The van der Waals surface area contributed by atoms with Crippen LogP contribution in [0.1, 0.15) is 36.9 Å². The summed E-state index contributed by atoms with van der Waals surface area (Å²) in [5.41, 5.74) is 0.237. The van der Waals surface area contributed by atoms with Crippen molar-refractivity contribution >= 4 is 11.6 Å². The molecule has 0 aliphatic heterocycles. The van der Waals surface area contributed by atoms with Gasteiger partial charge in [0.05, 0.1) is 7.11 Å². The zero-order valence-corrected chi connectivity index (χ0v) is 13.0. The lowest BCUT2D eigenvalue weighted by molar-refractivity contribution is 0.0995. The predicted molar refractivity (Wildman–Crippen MR) is 80.9 cm³/mol. The number of carbonyl (C=O) groups excluding carboxylic acids is 1. The largest absolute Gasteiger partial charge is 0.497 e. The zero-order chi connectivity index (χ0) is 16.3. The Hall–Kier alpha value is -2.63. The van der Waals surface area contributed by atoms with E-state index in [1.807, 2.05) is 20.8 Å². The van der Waals surface area contributed by atoms with E-state index in [0.717, 1.165) is 0 Å². The quantitative estimate of drug-likeness (QED) is 0.860. The van der Waals surface area contributed by atoms with Gasteiger partial charge in [0.25, 0.3) is 5.91 Å². The van der Waals surface area contributed by atoms with Crippen molar-refractivity contribution in [1.29, 1.82) is 0 Å². The maximum Gasteiger partial charge on any atom is 0.311 e. The minimum Gasteiger partial charge on any atom is -0.497 e. The fourth-order valence-electron chi connectivity index (χ4n) is 1.70. The van der Waals surface area contributed by atoms with Gasteiger partial charge in [-0.25, -0.2) is 0 Å². The number of benzene rings is 1. The molecule has 0 aliphatic carbocycles. The summed E-state index contributed by atoms with van der Waals surface area (Å²) in [6.45, 7) is 5.82. The van der Waals surface area contributed by atoms with E-state index in [-0.39, 0.29) is 17.0 Å². The van der Waals surface area contributed by atoms with Crippen molar-refractivity contribution in [1.82, 2.24) is 0 Å². The molecule has 0 unspecified atom stereocenters. The smallest absolute Gasteiger partial charge is 0.311 e. The molecule has 1 aromatic carbocycles. The third-order valence-corrected chi connectivity index (χ3v) is 3.02. The van der Waals surface area contributed by atoms with E-state index in [2.05, 4.69) is 10.2 Å². The standard InChI is InChI=1S/C16H18N2O4/c1-16(2,3)13-9-12(15(20)22-13)17-18-14(19)10-5-7-11(21-4)8-6-10/h5-9,20H,1-4H3. The molecule has 0 fully saturated rings. The van der Waals surface area contributed by atoms with Gasteiger partial charge in [-0.1, -0.05) is 20.8 Å². The van der Waals surface area contributed by atoms with Crippen LogP contribution in [0.2, 0.25) is 0 Å². The van der Waals surface area contributed by atoms with Gasteiger partial charge < -0.3 is 14.3 Å². The first kappa shape index (κ1) is 15.8. The Balaban J connectivity index is 2.17.